The molecular formula is C18H26N2O9. The zero-order valence-corrected chi connectivity index (χ0v) is 17.1. The summed E-state index contributed by atoms with van der Waals surface area (Å²) in [6, 6.07) is -0.916. The Bertz CT molecular complexity index is 672. The lowest BCUT2D eigenvalue weighted by atomic mass is 10.2. The number of methoxy groups -OCH3 is 1. The highest BCUT2D eigenvalue weighted by Crippen LogP contribution is 2.23. The van der Waals surface area contributed by atoms with Crippen molar-refractivity contribution in [1.29, 1.82) is 0 Å². The van der Waals surface area contributed by atoms with Gasteiger partial charge in [-0.3, -0.25) is 14.5 Å². The lowest BCUT2D eigenvalue weighted by Gasteiger charge is -2.24. The summed E-state index contributed by atoms with van der Waals surface area (Å²) in [5.74, 6) is -2.85. The van der Waals surface area contributed by atoms with Crippen LogP contribution in [0, 0.1) is 5.92 Å². The van der Waals surface area contributed by atoms with E-state index in [0.717, 1.165) is 24.2 Å². The minimum atomic E-state index is -0.916. The van der Waals surface area contributed by atoms with E-state index in [9.17, 15) is 24.0 Å². The average molecular weight is 414 g/mol. The standard InChI is InChI=1S/C18H26N2O9/c1-11(2)17(24)27-10-28-18(25)20-9-12(8-13(20)16(23)19(3)4)29-15(22)7-6-14(21)26-5/h6-7,11-13H,8-10H2,1-5H3/b7-6+/t12?,13-/m0/s1. The van der Waals surface area contributed by atoms with Crippen molar-refractivity contribution in [2.24, 2.45) is 5.92 Å². The summed E-state index contributed by atoms with van der Waals surface area (Å²) in [5.41, 5.74) is 0. The summed E-state index contributed by atoms with van der Waals surface area (Å²) >= 11 is 0. The molecule has 1 fully saturated rings. The van der Waals surface area contributed by atoms with Crippen molar-refractivity contribution >= 4 is 29.9 Å². The number of hydrogen-bond acceptors (Lipinski definition) is 9. The molecule has 0 aromatic rings. The molecule has 29 heavy (non-hydrogen) atoms. The number of carbonyl (C=O) groups is 5. The summed E-state index contributed by atoms with van der Waals surface area (Å²) < 4.78 is 19.3. The van der Waals surface area contributed by atoms with Crippen LogP contribution >= 0.6 is 0 Å². The van der Waals surface area contributed by atoms with Crippen molar-refractivity contribution in [3.63, 3.8) is 0 Å². The number of likely N-dealkylation sites (tertiary alicyclic amines) is 1. The molecule has 0 saturated carbocycles. The monoisotopic (exact) mass is 414 g/mol. The number of ether oxygens (including phenoxy) is 4. The largest absolute Gasteiger partial charge is 0.466 e. The Balaban J connectivity index is 2.75. The van der Waals surface area contributed by atoms with Gasteiger partial charge >= 0.3 is 24.0 Å². The zero-order chi connectivity index (χ0) is 22.1. The third kappa shape index (κ3) is 7.43. The summed E-state index contributed by atoms with van der Waals surface area (Å²) in [5, 5.41) is 0. The molecular weight excluding hydrogens is 388 g/mol. The van der Waals surface area contributed by atoms with E-state index in [1.54, 1.807) is 13.8 Å². The Morgan fingerprint density at radius 3 is 2.24 bits per heavy atom. The van der Waals surface area contributed by atoms with Crippen LogP contribution < -0.4 is 0 Å². The topological polar surface area (TPSA) is 129 Å². The van der Waals surface area contributed by atoms with Crippen LogP contribution in [-0.2, 0) is 38.1 Å². The zero-order valence-electron chi connectivity index (χ0n) is 17.1. The van der Waals surface area contributed by atoms with Crippen molar-refractivity contribution in [1.82, 2.24) is 9.80 Å². The molecule has 0 bridgehead atoms. The Labute approximate surface area is 168 Å². The number of amides is 2. The van der Waals surface area contributed by atoms with E-state index in [1.165, 1.54) is 19.0 Å². The van der Waals surface area contributed by atoms with Crippen LogP contribution in [0.4, 0.5) is 4.79 Å². The molecule has 1 heterocycles. The van der Waals surface area contributed by atoms with Crippen molar-refractivity contribution in [3.05, 3.63) is 12.2 Å². The Kier molecular flexibility index (Phi) is 9.10. The van der Waals surface area contributed by atoms with E-state index >= 15 is 0 Å². The second-order valence-electron chi connectivity index (χ2n) is 6.70. The van der Waals surface area contributed by atoms with Crippen molar-refractivity contribution in [2.75, 3.05) is 34.5 Å². The van der Waals surface area contributed by atoms with Gasteiger partial charge in [-0.1, -0.05) is 13.8 Å². The summed E-state index contributed by atoms with van der Waals surface area (Å²) in [7, 11) is 4.21. The molecule has 0 N–H and O–H groups in total. The quantitative estimate of drug-likeness (QED) is 0.246. The molecule has 2 atom stereocenters. The first-order chi connectivity index (χ1) is 13.6. The minimum absolute atomic E-state index is 0.0513. The molecule has 1 aliphatic rings. The van der Waals surface area contributed by atoms with Crippen LogP contribution in [0.15, 0.2) is 12.2 Å². The summed E-state index contributed by atoms with van der Waals surface area (Å²) in [6.45, 7) is 2.56. The van der Waals surface area contributed by atoms with E-state index in [0.29, 0.717) is 0 Å². The molecule has 0 radical (unpaired) electrons. The molecule has 0 aliphatic carbocycles. The van der Waals surface area contributed by atoms with Crippen LogP contribution in [-0.4, -0.2) is 86.4 Å². The lowest BCUT2D eigenvalue weighted by Crippen LogP contribution is -2.45. The molecule has 11 nitrogen and oxygen atoms in total. The van der Waals surface area contributed by atoms with Gasteiger partial charge in [0.15, 0.2) is 0 Å². The number of esters is 3. The smallest absolute Gasteiger partial charge is 0.413 e. The SMILES string of the molecule is COC(=O)/C=C/C(=O)OC1C[C@@H](C(=O)N(C)C)N(C(=O)OCOC(=O)C(C)C)C1. The van der Waals surface area contributed by atoms with Crippen molar-refractivity contribution in [2.45, 2.75) is 32.4 Å². The van der Waals surface area contributed by atoms with Gasteiger partial charge in [0.1, 0.15) is 12.1 Å². The molecule has 0 aromatic carbocycles. The number of nitrogens with zero attached hydrogens (tertiary/aromatic N) is 2. The lowest BCUT2D eigenvalue weighted by molar-refractivity contribution is -0.156. The van der Waals surface area contributed by atoms with Crippen LogP contribution in [0.25, 0.3) is 0 Å². The molecule has 1 saturated heterocycles. The fourth-order valence-electron chi connectivity index (χ4n) is 2.41. The van der Waals surface area contributed by atoms with Gasteiger partial charge in [-0.05, 0) is 0 Å². The predicted octanol–water partition coefficient (Wildman–Crippen LogP) is 0.0832. The van der Waals surface area contributed by atoms with E-state index in [2.05, 4.69) is 4.74 Å². The van der Waals surface area contributed by atoms with Crippen LogP contribution in [0.5, 0.6) is 0 Å². The van der Waals surface area contributed by atoms with Gasteiger partial charge < -0.3 is 23.8 Å². The van der Waals surface area contributed by atoms with Crippen LogP contribution in [0.2, 0.25) is 0 Å². The van der Waals surface area contributed by atoms with Gasteiger partial charge in [-0.15, -0.1) is 0 Å². The Hall–Kier alpha value is -3.11. The second kappa shape index (κ2) is 11.0. The highest BCUT2D eigenvalue weighted by atomic mass is 16.7. The molecule has 0 spiro atoms. The van der Waals surface area contributed by atoms with Crippen LogP contribution in [0.1, 0.15) is 20.3 Å². The first-order valence-corrected chi connectivity index (χ1v) is 8.84. The first kappa shape index (κ1) is 23.9. The molecule has 1 rings (SSSR count). The Morgan fingerprint density at radius 2 is 1.69 bits per heavy atom. The molecule has 11 heteroatoms. The van der Waals surface area contributed by atoms with E-state index in [4.69, 9.17) is 14.2 Å². The Morgan fingerprint density at radius 1 is 1.07 bits per heavy atom. The number of hydrogen-bond donors (Lipinski definition) is 0. The van der Waals surface area contributed by atoms with Gasteiger partial charge in [-0.2, -0.15) is 0 Å². The molecule has 2 amide bonds. The molecule has 1 aliphatic heterocycles. The van der Waals surface area contributed by atoms with Gasteiger partial charge in [0.25, 0.3) is 0 Å². The third-order valence-electron chi connectivity index (χ3n) is 3.92. The minimum Gasteiger partial charge on any atom is -0.466 e. The van der Waals surface area contributed by atoms with Crippen molar-refractivity contribution < 1.29 is 42.9 Å². The fraction of sp³-hybridized carbons (Fsp3) is 0.611. The summed E-state index contributed by atoms with van der Waals surface area (Å²) in [6.07, 6.45) is 0.167. The van der Waals surface area contributed by atoms with Crippen LogP contribution in [0.3, 0.4) is 0 Å². The van der Waals surface area contributed by atoms with E-state index in [1.807, 2.05) is 0 Å². The van der Waals surface area contributed by atoms with Gasteiger partial charge in [0.2, 0.25) is 12.7 Å². The fourth-order valence-corrected chi connectivity index (χ4v) is 2.41. The van der Waals surface area contributed by atoms with Crippen molar-refractivity contribution in [3.8, 4) is 0 Å². The number of likely N-dealkylation sites (N-methyl/N-ethyl adjacent to an activating group) is 1. The van der Waals surface area contributed by atoms with Gasteiger partial charge in [-0.25, -0.2) is 14.4 Å². The second-order valence-corrected chi connectivity index (χ2v) is 6.70. The molecule has 162 valence electrons. The maximum atomic E-state index is 12.4. The van der Waals surface area contributed by atoms with E-state index < -0.39 is 42.9 Å². The molecule has 0 aromatic heterocycles. The normalized spacial score (nSPS) is 18.5. The average Bonchev–Trinajstić information content (AvgIpc) is 3.08. The maximum Gasteiger partial charge on any atom is 0.413 e. The van der Waals surface area contributed by atoms with Gasteiger partial charge in [0, 0.05) is 32.7 Å². The predicted molar refractivity (Wildman–Crippen MR) is 97.1 cm³/mol. The summed E-state index contributed by atoms with van der Waals surface area (Å²) in [4.78, 5) is 61.4. The maximum absolute atomic E-state index is 12.4. The number of rotatable bonds is 7. The number of carbonyl (C=O) groups excluding carboxylic acids is 5. The van der Waals surface area contributed by atoms with E-state index in [-0.39, 0.29) is 24.8 Å². The highest BCUT2D eigenvalue weighted by Gasteiger charge is 2.42. The third-order valence-corrected chi connectivity index (χ3v) is 3.92. The van der Waals surface area contributed by atoms with Gasteiger partial charge in [0.05, 0.1) is 19.6 Å². The first-order valence-electron chi connectivity index (χ1n) is 8.84. The highest BCUT2D eigenvalue weighted by molar-refractivity contribution is 5.92. The molecule has 1 unspecified atom stereocenters.